The molecule has 26 heavy (non-hydrogen) atoms. The third-order valence-corrected chi connectivity index (χ3v) is 4.93. The minimum absolute atomic E-state index is 0.0753. The van der Waals surface area contributed by atoms with Crippen LogP contribution in [0.15, 0.2) is 51.9 Å². The number of anilines is 1. The van der Waals surface area contributed by atoms with E-state index in [1.165, 1.54) is 0 Å². The number of halogens is 1. The van der Waals surface area contributed by atoms with Crippen molar-refractivity contribution in [2.75, 3.05) is 12.3 Å². The summed E-state index contributed by atoms with van der Waals surface area (Å²) in [6.45, 7) is 2.13. The number of rotatable bonds is 3. The van der Waals surface area contributed by atoms with Gasteiger partial charge in [0, 0.05) is 37.3 Å². The van der Waals surface area contributed by atoms with E-state index in [1.807, 2.05) is 42.5 Å². The average molecular weight is 412 g/mol. The highest BCUT2D eigenvalue weighted by atomic mass is 79.9. The predicted octanol–water partition coefficient (Wildman–Crippen LogP) is 2.73. The molecule has 3 heterocycles. The van der Waals surface area contributed by atoms with E-state index >= 15 is 0 Å². The first-order valence-electron chi connectivity index (χ1n) is 8.40. The van der Waals surface area contributed by atoms with Gasteiger partial charge < -0.3 is 10.7 Å². The number of hydrogen-bond acceptors (Lipinski definition) is 5. The molecular formula is C19H18BrN5O. The number of pyridine rings is 1. The second kappa shape index (κ2) is 7.01. The largest absolute Gasteiger partial charge is 0.399 e. The van der Waals surface area contributed by atoms with Crippen molar-refractivity contribution in [1.82, 2.24) is 19.9 Å². The highest BCUT2D eigenvalue weighted by Gasteiger charge is 2.22. The molecule has 0 fully saturated rings. The fraction of sp³-hybridized carbons (Fsp3) is 0.211. The predicted molar refractivity (Wildman–Crippen MR) is 104 cm³/mol. The highest BCUT2D eigenvalue weighted by molar-refractivity contribution is 9.10. The maximum Gasteiger partial charge on any atom is 0.255 e. The van der Waals surface area contributed by atoms with E-state index < -0.39 is 0 Å². The lowest BCUT2D eigenvalue weighted by Crippen LogP contribution is -2.35. The normalized spacial score (nSPS) is 14.2. The van der Waals surface area contributed by atoms with Crippen LogP contribution < -0.4 is 11.3 Å². The van der Waals surface area contributed by atoms with Gasteiger partial charge in [0.25, 0.3) is 5.56 Å². The number of aromatic amines is 1. The van der Waals surface area contributed by atoms with Crippen molar-refractivity contribution in [3.05, 3.63) is 74.4 Å². The van der Waals surface area contributed by atoms with E-state index in [1.54, 1.807) is 0 Å². The molecule has 1 aliphatic rings. The zero-order chi connectivity index (χ0) is 18.1. The Balaban J connectivity index is 1.58. The molecule has 3 aromatic rings. The Kier molecular flexibility index (Phi) is 4.57. The molecule has 0 saturated heterocycles. The van der Waals surface area contributed by atoms with E-state index in [2.05, 4.69) is 35.8 Å². The molecule has 0 aliphatic carbocycles. The van der Waals surface area contributed by atoms with Gasteiger partial charge in [0.1, 0.15) is 10.4 Å². The number of hydrogen-bond donors (Lipinski definition) is 2. The summed E-state index contributed by atoms with van der Waals surface area (Å²) in [6.07, 6.45) is 0.745. The molecule has 7 heteroatoms. The molecular weight excluding hydrogens is 394 g/mol. The van der Waals surface area contributed by atoms with Gasteiger partial charge in [0.2, 0.25) is 0 Å². The Labute approximate surface area is 159 Å². The molecule has 2 aromatic heterocycles. The van der Waals surface area contributed by atoms with Gasteiger partial charge >= 0.3 is 0 Å². The Hall–Kier alpha value is -2.51. The van der Waals surface area contributed by atoms with E-state index in [4.69, 9.17) is 5.73 Å². The number of aromatic nitrogens is 3. The summed E-state index contributed by atoms with van der Waals surface area (Å²) >= 11 is 3.40. The average Bonchev–Trinajstić information content (AvgIpc) is 2.63. The molecule has 6 nitrogen and oxygen atoms in total. The number of benzene rings is 1. The first kappa shape index (κ1) is 16.9. The van der Waals surface area contributed by atoms with E-state index in [-0.39, 0.29) is 5.56 Å². The van der Waals surface area contributed by atoms with E-state index in [0.29, 0.717) is 24.6 Å². The van der Waals surface area contributed by atoms with Crippen LogP contribution in [0.3, 0.4) is 0 Å². The molecule has 0 bridgehead atoms. The standard InChI is InChI=1S/C19H18BrN5O/c20-17-3-1-2-14(22-17)10-25-9-8-16-15(11-25)19(26)24-18(23-16)12-4-6-13(21)7-5-12/h1-7H,8-11,21H2,(H,23,24,26). The number of nitrogen functional groups attached to an aromatic ring is 1. The monoisotopic (exact) mass is 411 g/mol. The van der Waals surface area contributed by atoms with Crippen molar-refractivity contribution in [3.63, 3.8) is 0 Å². The Morgan fingerprint density at radius 2 is 1.96 bits per heavy atom. The lowest BCUT2D eigenvalue weighted by molar-refractivity contribution is 0.239. The van der Waals surface area contributed by atoms with Crippen LogP contribution in [0.4, 0.5) is 5.69 Å². The first-order valence-corrected chi connectivity index (χ1v) is 9.19. The molecule has 3 N–H and O–H groups in total. The van der Waals surface area contributed by atoms with Gasteiger partial charge in [-0.25, -0.2) is 9.97 Å². The summed E-state index contributed by atoms with van der Waals surface area (Å²) in [6, 6.07) is 13.2. The number of nitrogens with zero attached hydrogens (tertiary/aromatic N) is 3. The highest BCUT2D eigenvalue weighted by Crippen LogP contribution is 2.20. The second-order valence-electron chi connectivity index (χ2n) is 6.37. The van der Waals surface area contributed by atoms with Crippen molar-refractivity contribution in [3.8, 4) is 11.4 Å². The third-order valence-electron chi connectivity index (χ3n) is 4.49. The molecule has 0 radical (unpaired) electrons. The summed E-state index contributed by atoms with van der Waals surface area (Å²) in [7, 11) is 0. The molecule has 1 aliphatic heterocycles. The Morgan fingerprint density at radius 3 is 2.73 bits per heavy atom. The SMILES string of the molecule is Nc1ccc(-c2nc3c(c(=O)[nH]2)CN(Cc2cccc(Br)n2)CC3)cc1. The first-order chi connectivity index (χ1) is 12.6. The number of H-pyrrole nitrogens is 1. The van der Waals surface area contributed by atoms with Crippen molar-refractivity contribution in [2.45, 2.75) is 19.5 Å². The van der Waals surface area contributed by atoms with Gasteiger partial charge in [-0.2, -0.15) is 0 Å². The fourth-order valence-electron chi connectivity index (χ4n) is 3.16. The molecule has 0 amide bonds. The Morgan fingerprint density at radius 1 is 1.15 bits per heavy atom. The summed E-state index contributed by atoms with van der Waals surface area (Å²) in [5.74, 6) is 0.593. The van der Waals surface area contributed by atoms with Crippen LogP contribution in [0.25, 0.3) is 11.4 Å². The van der Waals surface area contributed by atoms with Gasteiger partial charge in [0.05, 0.1) is 17.0 Å². The van der Waals surface area contributed by atoms with Crippen LogP contribution >= 0.6 is 15.9 Å². The molecule has 1 aromatic carbocycles. The molecule has 0 unspecified atom stereocenters. The molecule has 0 spiro atoms. The number of nitrogens with two attached hydrogens (primary N) is 1. The molecule has 0 saturated carbocycles. The quantitative estimate of drug-likeness (QED) is 0.510. The summed E-state index contributed by atoms with van der Waals surface area (Å²) in [5, 5.41) is 0. The van der Waals surface area contributed by atoms with Crippen LogP contribution in [0.2, 0.25) is 0 Å². The third kappa shape index (κ3) is 3.54. The second-order valence-corrected chi connectivity index (χ2v) is 7.19. The topological polar surface area (TPSA) is 87.9 Å². The minimum atomic E-state index is -0.0753. The zero-order valence-electron chi connectivity index (χ0n) is 14.1. The number of fused-ring (bicyclic) bond motifs is 1. The summed E-state index contributed by atoms with van der Waals surface area (Å²) < 4.78 is 0.820. The lowest BCUT2D eigenvalue weighted by atomic mass is 10.1. The smallest absolute Gasteiger partial charge is 0.255 e. The van der Waals surface area contributed by atoms with Gasteiger partial charge in [0.15, 0.2) is 0 Å². The van der Waals surface area contributed by atoms with Crippen LogP contribution in [-0.2, 0) is 19.5 Å². The van der Waals surface area contributed by atoms with Gasteiger partial charge in [-0.3, -0.25) is 9.69 Å². The summed E-state index contributed by atoms with van der Waals surface area (Å²) in [5.41, 5.74) is 9.79. The van der Waals surface area contributed by atoms with Gasteiger partial charge in [-0.1, -0.05) is 6.07 Å². The Bertz CT molecular complexity index is 1000. The minimum Gasteiger partial charge on any atom is -0.399 e. The van der Waals surface area contributed by atoms with Gasteiger partial charge in [-0.15, -0.1) is 0 Å². The van der Waals surface area contributed by atoms with Crippen LogP contribution in [0.5, 0.6) is 0 Å². The number of nitrogens with one attached hydrogen (secondary N) is 1. The molecule has 0 atom stereocenters. The fourth-order valence-corrected chi connectivity index (χ4v) is 3.54. The van der Waals surface area contributed by atoms with Gasteiger partial charge in [-0.05, 0) is 52.3 Å². The molecule has 132 valence electrons. The van der Waals surface area contributed by atoms with Crippen LogP contribution in [0, 0.1) is 0 Å². The van der Waals surface area contributed by atoms with Crippen molar-refractivity contribution in [1.29, 1.82) is 0 Å². The lowest BCUT2D eigenvalue weighted by Gasteiger charge is -2.27. The van der Waals surface area contributed by atoms with Crippen molar-refractivity contribution < 1.29 is 0 Å². The van der Waals surface area contributed by atoms with E-state index in [9.17, 15) is 4.79 Å². The van der Waals surface area contributed by atoms with Crippen LogP contribution in [-0.4, -0.2) is 26.4 Å². The van der Waals surface area contributed by atoms with Crippen molar-refractivity contribution >= 4 is 21.6 Å². The molecule has 4 rings (SSSR count). The maximum absolute atomic E-state index is 12.6. The van der Waals surface area contributed by atoms with Crippen LogP contribution in [0.1, 0.15) is 17.0 Å². The zero-order valence-corrected chi connectivity index (χ0v) is 15.7. The van der Waals surface area contributed by atoms with E-state index in [0.717, 1.165) is 40.1 Å². The van der Waals surface area contributed by atoms with Crippen molar-refractivity contribution in [2.24, 2.45) is 0 Å². The maximum atomic E-state index is 12.6. The summed E-state index contributed by atoms with van der Waals surface area (Å²) in [4.78, 5) is 26.9.